The smallest absolute Gasteiger partial charge is 0.310 e. The molecule has 212 valence electrons. The van der Waals surface area contributed by atoms with Crippen LogP contribution in [0.3, 0.4) is 0 Å². The number of carbonyl (C=O) groups excluding carboxylic acids is 2. The first-order chi connectivity index (χ1) is 18.2. The first-order valence-electron chi connectivity index (χ1n) is 14.4. The maximum absolute atomic E-state index is 13.3. The van der Waals surface area contributed by atoms with Crippen molar-refractivity contribution < 1.29 is 19.4 Å². The lowest BCUT2D eigenvalue weighted by Gasteiger charge is -2.59. The number of esters is 1. The Labute approximate surface area is 233 Å². The summed E-state index contributed by atoms with van der Waals surface area (Å²) in [7, 11) is 0. The van der Waals surface area contributed by atoms with Crippen LogP contribution in [0.15, 0.2) is 59.3 Å². The lowest BCUT2D eigenvalue weighted by Crippen LogP contribution is -2.59. The highest BCUT2D eigenvalue weighted by molar-refractivity contribution is 5.81. The summed E-state index contributed by atoms with van der Waals surface area (Å²) >= 11 is 0. The van der Waals surface area contributed by atoms with Crippen LogP contribution < -0.4 is 0 Å². The summed E-state index contributed by atoms with van der Waals surface area (Å²) in [4.78, 5) is 38.0. The highest BCUT2D eigenvalue weighted by atomic mass is 16.5. The third kappa shape index (κ3) is 5.17. The Balaban J connectivity index is 1.79. The molecule has 0 aromatic heterocycles. The second-order valence-electron chi connectivity index (χ2n) is 13.5. The number of fused-ring (bicyclic) bond motifs is 3. The number of ketones is 1. The van der Waals surface area contributed by atoms with Gasteiger partial charge in [-0.2, -0.15) is 4.91 Å². The van der Waals surface area contributed by atoms with Gasteiger partial charge in [-0.25, -0.2) is 0 Å². The van der Waals surface area contributed by atoms with Gasteiger partial charge in [0.25, 0.3) is 0 Å². The molecule has 1 aromatic rings. The minimum Gasteiger partial charge on any atom is -0.461 e. The van der Waals surface area contributed by atoms with Crippen molar-refractivity contribution in [2.24, 2.45) is 45.6 Å². The van der Waals surface area contributed by atoms with Crippen LogP contribution in [0.25, 0.3) is 0 Å². The van der Waals surface area contributed by atoms with Crippen LogP contribution in [-0.4, -0.2) is 35.1 Å². The lowest BCUT2D eigenvalue weighted by atomic mass is 9.46. The van der Waals surface area contributed by atoms with E-state index in [-0.39, 0.29) is 60.7 Å². The molecule has 39 heavy (non-hydrogen) atoms. The van der Waals surface area contributed by atoms with Crippen molar-refractivity contribution in [3.05, 3.63) is 64.6 Å². The zero-order chi connectivity index (χ0) is 28.8. The number of hydrogen-bond acceptors (Lipinski definition) is 6. The van der Waals surface area contributed by atoms with Crippen molar-refractivity contribution in [1.82, 2.24) is 0 Å². The number of carbonyl (C=O) groups is 2. The number of aliphatic hydroxyl groups is 1. The third-order valence-electron chi connectivity index (χ3n) is 10.7. The summed E-state index contributed by atoms with van der Waals surface area (Å²) in [6.45, 7) is 16.6. The van der Waals surface area contributed by atoms with E-state index in [2.05, 4.69) is 45.5 Å². The zero-order valence-electron chi connectivity index (χ0n) is 24.4. The van der Waals surface area contributed by atoms with E-state index in [4.69, 9.17) is 4.74 Å². The standard InChI is InChI=1S/C33H45NO5/c1-20(2)28(35)18-32(7)29(39-30(36)15-23-11-9-8-10-12-23)16-25-26(31(32,5)6)14-24(19-34-38)17-33(37)22(4)21(3)13-27(25)33/h8-12,14,20-21,25-27,29,37H,4,13,15-19H2,1-3,5-7H3/t21?,25?,26?,27?,29?,32-,33?/m1/s1. The summed E-state index contributed by atoms with van der Waals surface area (Å²) in [5.74, 6) is -0.293. The molecule has 6 nitrogen and oxygen atoms in total. The molecule has 2 fully saturated rings. The molecule has 3 aliphatic carbocycles. The third-order valence-corrected chi connectivity index (χ3v) is 10.7. The van der Waals surface area contributed by atoms with Crippen molar-refractivity contribution in [3.63, 3.8) is 0 Å². The average molecular weight is 536 g/mol. The minimum atomic E-state index is -1.13. The fraction of sp³-hybridized carbons (Fsp3) is 0.636. The minimum absolute atomic E-state index is 0.00685. The molecule has 3 aliphatic rings. The largest absolute Gasteiger partial charge is 0.461 e. The molecule has 0 spiro atoms. The number of rotatable bonds is 8. The number of nitrogens with zero attached hydrogens (tertiary/aromatic N) is 1. The molecule has 2 saturated carbocycles. The highest BCUT2D eigenvalue weighted by Crippen LogP contribution is 2.65. The van der Waals surface area contributed by atoms with Gasteiger partial charge in [-0.3, -0.25) is 9.59 Å². The number of allylic oxidation sites excluding steroid dienone is 1. The Morgan fingerprint density at radius 2 is 1.82 bits per heavy atom. The van der Waals surface area contributed by atoms with E-state index in [9.17, 15) is 19.6 Å². The van der Waals surface area contributed by atoms with Gasteiger partial charge in [0.05, 0.1) is 12.0 Å². The van der Waals surface area contributed by atoms with Gasteiger partial charge in [-0.1, -0.05) is 89.7 Å². The first kappa shape index (κ1) is 29.4. The number of nitroso groups, excluding NO2 is 1. The second kappa shape index (κ2) is 10.8. The molecular formula is C33H45NO5. The van der Waals surface area contributed by atoms with E-state index < -0.39 is 22.5 Å². The zero-order valence-corrected chi connectivity index (χ0v) is 24.4. The second-order valence-corrected chi connectivity index (χ2v) is 13.5. The highest BCUT2D eigenvalue weighted by Gasteiger charge is 2.64. The van der Waals surface area contributed by atoms with E-state index in [0.717, 1.165) is 23.1 Å². The van der Waals surface area contributed by atoms with Gasteiger partial charge in [-0.05, 0) is 58.6 Å². The Kier molecular flexibility index (Phi) is 8.11. The summed E-state index contributed by atoms with van der Waals surface area (Å²) in [6.07, 6.45) is 3.78. The summed E-state index contributed by atoms with van der Waals surface area (Å²) in [6, 6.07) is 9.54. The van der Waals surface area contributed by atoms with Crippen molar-refractivity contribution in [1.29, 1.82) is 0 Å². The van der Waals surface area contributed by atoms with E-state index in [1.54, 1.807) is 0 Å². The molecule has 0 heterocycles. The van der Waals surface area contributed by atoms with Crippen molar-refractivity contribution >= 4 is 11.8 Å². The van der Waals surface area contributed by atoms with E-state index in [1.807, 2.05) is 44.2 Å². The molecule has 1 aromatic carbocycles. The van der Waals surface area contributed by atoms with Crippen LogP contribution in [0.5, 0.6) is 0 Å². The molecular weight excluding hydrogens is 490 g/mol. The molecule has 6 unspecified atom stereocenters. The number of benzene rings is 1. The maximum atomic E-state index is 13.3. The molecule has 0 saturated heterocycles. The van der Waals surface area contributed by atoms with Gasteiger partial charge in [0.2, 0.25) is 0 Å². The van der Waals surface area contributed by atoms with Gasteiger partial charge in [0, 0.05) is 24.2 Å². The lowest BCUT2D eigenvalue weighted by molar-refractivity contribution is -0.190. The molecule has 7 atom stereocenters. The number of ether oxygens (including phenoxy) is 1. The fourth-order valence-corrected chi connectivity index (χ4v) is 7.79. The van der Waals surface area contributed by atoms with Crippen molar-refractivity contribution in [2.45, 2.75) is 85.4 Å². The van der Waals surface area contributed by atoms with Crippen LogP contribution in [0.2, 0.25) is 0 Å². The topological polar surface area (TPSA) is 93.0 Å². The molecule has 0 radical (unpaired) electrons. The quantitative estimate of drug-likeness (QED) is 0.234. The predicted octanol–water partition coefficient (Wildman–Crippen LogP) is 6.46. The normalized spacial score (nSPS) is 35.4. The Morgan fingerprint density at radius 3 is 2.44 bits per heavy atom. The monoisotopic (exact) mass is 535 g/mol. The molecule has 0 aliphatic heterocycles. The summed E-state index contributed by atoms with van der Waals surface area (Å²) in [5.41, 5.74) is 0.251. The Bertz CT molecular complexity index is 1150. The summed E-state index contributed by atoms with van der Waals surface area (Å²) in [5, 5.41) is 15.3. The SMILES string of the molecule is C=C1C(C)CC2C3CC(OC(=O)Cc4ccccc4)[C@@](C)(CC(=O)C(C)C)C(C)(C)C3C=C(CN=O)CC12O. The fourth-order valence-electron chi connectivity index (χ4n) is 7.79. The van der Waals surface area contributed by atoms with E-state index >= 15 is 0 Å². The number of hydrogen-bond donors (Lipinski definition) is 1. The van der Waals surface area contributed by atoms with Crippen molar-refractivity contribution in [2.75, 3.05) is 6.54 Å². The molecule has 1 N–H and O–H groups in total. The van der Waals surface area contributed by atoms with Gasteiger partial charge in [-0.15, -0.1) is 0 Å². The van der Waals surface area contributed by atoms with Crippen LogP contribution in [-0.2, 0) is 20.7 Å². The van der Waals surface area contributed by atoms with E-state index in [1.165, 1.54) is 0 Å². The Morgan fingerprint density at radius 1 is 1.15 bits per heavy atom. The van der Waals surface area contributed by atoms with Crippen LogP contribution >= 0.6 is 0 Å². The Hall–Kier alpha value is -2.60. The first-order valence-corrected chi connectivity index (χ1v) is 14.4. The van der Waals surface area contributed by atoms with Crippen molar-refractivity contribution in [3.8, 4) is 0 Å². The summed E-state index contributed by atoms with van der Waals surface area (Å²) < 4.78 is 6.34. The van der Waals surface area contributed by atoms with Gasteiger partial charge in [0.15, 0.2) is 0 Å². The maximum Gasteiger partial charge on any atom is 0.310 e. The van der Waals surface area contributed by atoms with Crippen LogP contribution in [0.1, 0.15) is 72.8 Å². The van der Waals surface area contributed by atoms with Gasteiger partial charge in [0.1, 0.15) is 18.4 Å². The molecule has 0 bridgehead atoms. The van der Waals surface area contributed by atoms with Gasteiger partial charge >= 0.3 is 5.97 Å². The van der Waals surface area contributed by atoms with E-state index in [0.29, 0.717) is 12.8 Å². The van der Waals surface area contributed by atoms with Gasteiger partial charge < -0.3 is 9.84 Å². The predicted molar refractivity (Wildman–Crippen MR) is 153 cm³/mol. The average Bonchev–Trinajstić information content (AvgIpc) is 3.00. The van der Waals surface area contributed by atoms with Crippen LogP contribution in [0.4, 0.5) is 0 Å². The molecule has 4 rings (SSSR count). The number of Topliss-reactive ketones (excluding diaryl/α,β-unsaturated/α-hetero) is 1. The molecule has 0 amide bonds. The molecule has 6 heteroatoms. The van der Waals surface area contributed by atoms with Crippen LogP contribution in [0, 0.1) is 45.3 Å².